The second-order valence-corrected chi connectivity index (χ2v) is 4.33. The third-order valence-corrected chi connectivity index (χ3v) is 3.30. The summed E-state index contributed by atoms with van der Waals surface area (Å²) in [4.78, 5) is 0. The molecule has 2 aromatic rings. The summed E-state index contributed by atoms with van der Waals surface area (Å²) in [5.41, 5.74) is 0.750. The molecular formula is C12H15N3O3S. The molecule has 0 saturated carbocycles. The van der Waals surface area contributed by atoms with Crippen LogP contribution < -0.4 is 19.5 Å². The van der Waals surface area contributed by atoms with E-state index >= 15 is 0 Å². The summed E-state index contributed by atoms with van der Waals surface area (Å²) in [5.74, 6) is 1.80. The SMILES string of the molecule is CNc1snnc1COc1c(OC)cccc1OC. The largest absolute Gasteiger partial charge is 0.493 e. The molecule has 0 aliphatic heterocycles. The van der Waals surface area contributed by atoms with E-state index in [1.807, 2.05) is 25.2 Å². The van der Waals surface area contributed by atoms with E-state index in [9.17, 15) is 0 Å². The summed E-state index contributed by atoms with van der Waals surface area (Å²) in [7, 11) is 5.00. The van der Waals surface area contributed by atoms with E-state index in [-0.39, 0.29) is 0 Å². The Bertz CT molecular complexity index is 523. The molecule has 0 aliphatic carbocycles. The van der Waals surface area contributed by atoms with Crippen LogP contribution in [0.2, 0.25) is 0 Å². The molecule has 0 unspecified atom stereocenters. The van der Waals surface area contributed by atoms with Crippen molar-refractivity contribution in [1.29, 1.82) is 0 Å². The van der Waals surface area contributed by atoms with Crippen molar-refractivity contribution in [2.45, 2.75) is 6.61 Å². The molecule has 6 nitrogen and oxygen atoms in total. The number of benzene rings is 1. The van der Waals surface area contributed by atoms with Crippen molar-refractivity contribution in [1.82, 2.24) is 9.59 Å². The van der Waals surface area contributed by atoms with E-state index in [0.717, 1.165) is 10.7 Å². The van der Waals surface area contributed by atoms with Crippen LogP contribution in [-0.2, 0) is 6.61 Å². The smallest absolute Gasteiger partial charge is 0.203 e. The molecule has 0 fully saturated rings. The molecule has 0 radical (unpaired) electrons. The maximum absolute atomic E-state index is 5.75. The van der Waals surface area contributed by atoms with Crippen molar-refractivity contribution in [3.8, 4) is 17.2 Å². The molecule has 0 saturated heterocycles. The number of methoxy groups -OCH3 is 2. The van der Waals surface area contributed by atoms with Gasteiger partial charge in [0.2, 0.25) is 5.75 Å². The summed E-state index contributed by atoms with van der Waals surface area (Å²) in [6, 6.07) is 5.47. The number of hydrogen-bond donors (Lipinski definition) is 1. The number of anilines is 1. The molecule has 1 heterocycles. The van der Waals surface area contributed by atoms with Gasteiger partial charge < -0.3 is 19.5 Å². The van der Waals surface area contributed by atoms with Gasteiger partial charge in [-0.1, -0.05) is 10.6 Å². The molecule has 0 amide bonds. The molecule has 2 rings (SSSR count). The second kappa shape index (κ2) is 6.24. The zero-order chi connectivity index (χ0) is 13.7. The maximum atomic E-state index is 5.75. The summed E-state index contributed by atoms with van der Waals surface area (Å²) < 4.78 is 20.1. The first-order chi connectivity index (χ1) is 9.30. The van der Waals surface area contributed by atoms with Crippen molar-refractivity contribution in [3.63, 3.8) is 0 Å². The number of nitrogens with one attached hydrogen (secondary N) is 1. The Morgan fingerprint density at radius 1 is 1.21 bits per heavy atom. The first-order valence-electron chi connectivity index (χ1n) is 5.63. The van der Waals surface area contributed by atoms with Crippen molar-refractivity contribution < 1.29 is 14.2 Å². The fourth-order valence-electron chi connectivity index (χ4n) is 1.59. The molecule has 0 spiro atoms. The predicted octanol–water partition coefficient (Wildman–Crippen LogP) is 2.18. The fourth-order valence-corrected chi connectivity index (χ4v) is 2.11. The van der Waals surface area contributed by atoms with E-state index < -0.39 is 0 Å². The number of hydrogen-bond acceptors (Lipinski definition) is 7. The third kappa shape index (κ3) is 2.87. The predicted molar refractivity (Wildman–Crippen MR) is 73.3 cm³/mol. The van der Waals surface area contributed by atoms with Gasteiger partial charge in [0.05, 0.1) is 14.2 Å². The van der Waals surface area contributed by atoms with Gasteiger partial charge in [0.15, 0.2) is 11.5 Å². The van der Waals surface area contributed by atoms with E-state index in [1.165, 1.54) is 11.5 Å². The van der Waals surface area contributed by atoms with Crippen LogP contribution in [0, 0.1) is 0 Å². The highest BCUT2D eigenvalue weighted by molar-refractivity contribution is 7.10. The van der Waals surface area contributed by atoms with Crippen LogP contribution in [0.25, 0.3) is 0 Å². The van der Waals surface area contributed by atoms with E-state index in [0.29, 0.717) is 23.9 Å². The number of rotatable bonds is 6. The molecular weight excluding hydrogens is 266 g/mol. The maximum Gasteiger partial charge on any atom is 0.203 e. The lowest BCUT2D eigenvalue weighted by Crippen LogP contribution is -2.02. The summed E-state index contributed by atoms with van der Waals surface area (Å²) in [6.45, 7) is 0.295. The zero-order valence-electron chi connectivity index (χ0n) is 11.0. The normalized spacial score (nSPS) is 10.1. The minimum atomic E-state index is 0.295. The molecule has 0 bridgehead atoms. The van der Waals surface area contributed by atoms with Crippen LogP contribution in [-0.4, -0.2) is 30.9 Å². The Morgan fingerprint density at radius 3 is 2.47 bits per heavy atom. The summed E-state index contributed by atoms with van der Waals surface area (Å²) >= 11 is 1.29. The highest BCUT2D eigenvalue weighted by Gasteiger charge is 2.13. The van der Waals surface area contributed by atoms with Gasteiger partial charge in [0, 0.05) is 18.6 Å². The standard InChI is InChI=1S/C12H15N3O3S/c1-13-12-8(14-15-19-12)7-18-11-9(16-2)5-4-6-10(11)17-3/h4-6,13H,7H2,1-3H3. The molecule has 0 aliphatic rings. The molecule has 1 N–H and O–H groups in total. The van der Waals surface area contributed by atoms with Crippen molar-refractivity contribution in [2.24, 2.45) is 0 Å². The summed E-state index contributed by atoms with van der Waals surface area (Å²) in [5, 5.41) is 7.92. The van der Waals surface area contributed by atoms with Gasteiger partial charge in [-0.2, -0.15) is 0 Å². The second-order valence-electron chi connectivity index (χ2n) is 3.58. The van der Waals surface area contributed by atoms with Crippen LogP contribution in [0.5, 0.6) is 17.2 Å². The number of para-hydroxylation sites is 1. The lowest BCUT2D eigenvalue weighted by atomic mass is 10.3. The molecule has 0 atom stereocenters. The van der Waals surface area contributed by atoms with Gasteiger partial charge in [-0.3, -0.25) is 0 Å². The number of aromatic nitrogens is 2. The zero-order valence-corrected chi connectivity index (χ0v) is 11.8. The Labute approximate surface area is 115 Å². The average Bonchev–Trinajstić information content (AvgIpc) is 2.91. The van der Waals surface area contributed by atoms with Crippen LogP contribution in [0.15, 0.2) is 18.2 Å². The Hall–Kier alpha value is -2.02. The van der Waals surface area contributed by atoms with Crippen molar-refractivity contribution in [2.75, 3.05) is 26.6 Å². The number of ether oxygens (including phenoxy) is 3. The lowest BCUT2D eigenvalue weighted by molar-refractivity contribution is 0.263. The van der Waals surface area contributed by atoms with Gasteiger partial charge in [-0.15, -0.1) is 5.10 Å². The van der Waals surface area contributed by atoms with Gasteiger partial charge in [0.1, 0.15) is 17.3 Å². The van der Waals surface area contributed by atoms with Crippen LogP contribution >= 0.6 is 11.5 Å². The Balaban J connectivity index is 2.19. The van der Waals surface area contributed by atoms with Crippen LogP contribution in [0.4, 0.5) is 5.00 Å². The monoisotopic (exact) mass is 281 g/mol. The highest BCUT2D eigenvalue weighted by Crippen LogP contribution is 2.37. The van der Waals surface area contributed by atoms with Gasteiger partial charge in [-0.25, -0.2) is 0 Å². The van der Waals surface area contributed by atoms with E-state index in [1.54, 1.807) is 14.2 Å². The van der Waals surface area contributed by atoms with E-state index in [4.69, 9.17) is 14.2 Å². The molecule has 7 heteroatoms. The average molecular weight is 281 g/mol. The first-order valence-corrected chi connectivity index (χ1v) is 6.40. The Morgan fingerprint density at radius 2 is 1.89 bits per heavy atom. The minimum absolute atomic E-state index is 0.295. The van der Waals surface area contributed by atoms with Crippen molar-refractivity contribution >= 4 is 16.5 Å². The molecule has 1 aromatic heterocycles. The summed E-state index contributed by atoms with van der Waals surface area (Å²) in [6.07, 6.45) is 0. The lowest BCUT2D eigenvalue weighted by Gasteiger charge is -2.13. The topological polar surface area (TPSA) is 65.5 Å². The fraction of sp³-hybridized carbons (Fsp3) is 0.333. The molecule has 102 valence electrons. The van der Waals surface area contributed by atoms with Gasteiger partial charge in [-0.05, 0) is 12.1 Å². The van der Waals surface area contributed by atoms with Crippen LogP contribution in [0.1, 0.15) is 5.69 Å². The molecule has 19 heavy (non-hydrogen) atoms. The van der Waals surface area contributed by atoms with Crippen LogP contribution in [0.3, 0.4) is 0 Å². The highest BCUT2D eigenvalue weighted by atomic mass is 32.1. The van der Waals surface area contributed by atoms with Gasteiger partial charge in [0.25, 0.3) is 0 Å². The molecule has 1 aromatic carbocycles. The first kappa shape index (κ1) is 13.4. The van der Waals surface area contributed by atoms with Gasteiger partial charge >= 0.3 is 0 Å². The minimum Gasteiger partial charge on any atom is -0.493 e. The quantitative estimate of drug-likeness (QED) is 0.875. The number of nitrogens with zero attached hydrogens (tertiary/aromatic N) is 2. The van der Waals surface area contributed by atoms with Crippen molar-refractivity contribution in [3.05, 3.63) is 23.9 Å². The third-order valence-electron chi connectivity index (χ3n) is 2.52. The van der Waals surface area contributed by atoms with E-state index in [2.05, 4.69) is 14.9 Å². The Kier molecular flexibility index (Phi) is 4.40.